The number of rotatable bonds is 4. The number of urea groups is 1. The first-order chi connectivity index (χ1) is 9.67. The Morgan fingerprint density at radius 2 is 2.35 bits per heavy atom. The predicted octanol–water partition coefficient (Wildman–Crippen LogP) is 0.893. The van der Waals surface area contributed by atoms with Gasteiger partial charge in [-0.3, -0.25) is 5.10 Å². The molecule has 1 aromatic heterocycles. The van der Waals surface area contributed by atoms with Crippen molar-refractivity contribution >= 4 is 23.6 Å². The molecule has 0 atom stereocenters. The van der Waals surface area contributed by atoms with Gasteiger partial charge < -0.3 is 15.0 Å². The van der Waals surface area contributed by atoms with Crippen molar-refractivity contribution in [3.63, 3.8) is 0 Å². The van der Waals surface area contributed by atoms with E-state index in [2.05, 4.69) is 15.5 Å². The molecular formula is C12H17ClN4O3. The van der Waals surface area contributed by atoms with Crippen molar-refractivity contribution in [2.24, 2.45) is 0 Å². The van der Waals surface area contributed by atoms with E-state index in [9.17, 15) is 9.59 Å². The van der Waals surface area contributed by atoms with E-state index in [1.54, 1.807) is 11.8 Å². The molecule has 1 aromatic rings. The fourth-order valence-electron chi connectivity index (χ4n) is 2.10. The molecule has 1 aliphatic rings. The lowest BCUT2D eigenvalue weighted by atomic mass is 10.1. The van der Waals surface area contributed by atoms with Gasteiger partial charge in [0.2, 0.25) is 0 Å². The van der Waals surface area contributed by atoms with Gasteiger partial charge in [0.05, 0.1) is 13.2 Å². The Kier molecular flexibility index (Phi) is 4.84. The molecule has 7 nitrogen and oxygen atoms in total. The van der Waals surface area contributed by atoms with Crippen LogP contribution >= 0.6 is 11.6 Å². The van der Waals surface area contributed by atoms with E-state index in [-0.39, 0.29) is 11.7 Å². The average molecular weight is 301 g/mol. The minimum atomic E-state index is -0.465. The Hall–Kier alpha value is -1.76. The molecule has 2 heterocycles. The molecule has 1 aliphatic heterocycles. The smallest absolute Gasteiger partial charge is 0.359 e. The molecule has 0 saturated heterocycles. The van der Waals surface area contributed by atoms with Gasteiger partial charge in [-0.15, -0.1) is 11.6 Å². The highest BCUT2D eigenvalue weighted by atomic mass is 35.5. The Bertz CT molecular complexity index is 503. The number of hydrogen-bond donors (Lipinski definition) is 2. The van der Waals surface area contributed by atoms with Crippen molar-refractivity contribution in [2.75, 3.05) is 25.6 Å². The molecule has 0 aliphatic carbocycles. The second-order valence-electron chi connectivity index (χ2n) is 4.34. The maximum atomic E-state index is 11.9. The molecule has 0 aromatic carbocycles. The molecule has 0 saturated carbocycles. The van der Waals surface area contributed by atoms with E-state index in [1.807, 2.05) is 0 Å². The van der Waals surface area contributed by atoms with Gasteiger partial charge in [-0.2, -0.15) is 5.10 Å². The van der Waals surface area contributed by atoms with E-state index < -0.39 is 5.97 Å². The monoisotopic (exact) mass is 300 g/mol. The molecular weight excluding hydrogens is 284 g/mol. The predicted molar refractivity (Wildman–Crippen MR) is 72.8 cm³/mol. The number of fused-ring (bicyclic) bond motifs is 1. The quantitative estimate of drug-likeness (QED) is 0.638. The van der Waals surface area contributed by atoms with Crippen molar-refractivity contribution in [3.8, 4) is 0 Å². The third-order valence-corrected chi connectivity index (χ3v) is 3.25. The maximum absolute atomic E-state index is 11.9. The third-order valence-electron chi connectivity index (χ3n) is 3.06. The highest BCUT2D eigenvalue weighted by molar-refractivity contribution is 6.18. The second kappa shape index (κ2) is 6.60. The molecule has 110 valence electrons. The minimum Gasteiger partial charge on any atom is -0.461 e. The average Bonchev–Trinajstić information content (AvgIpc) is 2.87. The number of aromatic nitrogens is 2. The first-order valence-corrected chi connectivity index (χ1v) is 7.02. The van der Waals surface area contributed by atoms with Gasteiger partial charge in [-0.25, -0.2) is 9.59 Å². The summed E-state index contributed by atoms with van der Waals surface area (Å²) in [4.78, 5) is 25.3. The molecule has 2 amide bonds. The fourth-order valence-corrected chi connectivity index (χ4v) is 2.20. The number of hydrogen-bond acceptors (Lipinski definition) is 4. The van der Waals surface area contributed by atoms with E-state index in [0.717, 1.165) is 11.3 Å². The molecule has 20 heavy (non-hydrogen) atoms. The van der Waals surface area contributed by atoms with E-state index in [0.29, 0.717) is 38.5 Å². The summed E-state index contributed by atoms with van der Waals surface area (Å²) >= 11 is 5.54. The van der Waals surface area contributed by atoms with Crippen LogP contribution < -0.4 is 5.32 Å². The second-order valence-corrected chi connectivity index (χ2v) is 4.72. The summed E-state index contributed by atoms with van der Waals surface area (Å²) in [5.41, 5.74) is 1.88. The Balaban J connectivity index is 2.10. The number of aromatic amines is 1. The lowest BCUT2D eigenvalue weighted by molar-refractivity contribution is 0.0516. The first kappa shape index (κ1) is 14.6. The van der Waals surface area contributed by atoms with Crippen LogP contribution in [0.5, 0.6) is 0 Å². The molecule has 0 bridgehead atoms. The van der Waals surface area contributed by atoms with Crippen LogP contribution in [-0.2, 0) is 17.7 Å². The first-order valence-electron chi connectivity index (χ1n) is 6.49. The number of amides is 2. The van der Waals surface area contributed by atoms with Gasteiger partial charge in [-0.05, 0) is 6.92 Å². The van der Waals surface area contributed by atoms with Crippen molar-refractivity contribution in [2.45, 2.75) is 19.9 Å². The molecule has 0 fully saturated rings. The SMILES string of the molecule is CCOC(=O)c1n[nH]c2c1CN(C(=O)NCCCl)CC2. The van der Waals surface area contributed by atoms with Crippen LogP contribution in [0.15, 0.2) is 0 Å². The summed E-state index contributed by atoms with van der Waals surface area (Å²) in [5.74, 6) is -0.0991. The highest BCUT2D eigenvalue weighted by Crippen LogP contribution is 2.21. The number of carbonyl (C=O) groups is 2. The summed E-state index contributed by atoms with van der Waals surface area (Å²) in [7, 11) is 0. The van der Waals surface area contributed by atoms with Crippen LogP contribution in [0.25, 0.3) is 0 Å². The Morgan fingerprint density at radius 1 is 1.55 bits per heavy atom. The molecule has 0 spiro atoms. The van der Waals surface area contributed by atoms with Gasteiger partial charge in [-0.1, -0.05) is 0 Å². The number of nitrogens with zero attached hydrogens (tertiary/aromatic N) is 2. The summed E-state index contributed by atoms with van der Waals surface area (Å²) in [6.45, 7) is 3.36. The normalized spacial score (nSPS) is 13.8. The number of H-pyrrole nitrogens is 1. The number of esters is 1. The molecule has 0 radical (unpaired) electrons. The third kappa shape index (κ3) is 3.04. The van der Waals surface area contributed by atoms with Crippen molar-refractivity contribution in [3.05, 3.63) is 17.0 Å². The van der Waals surface area contributed by atoms with E-state index in [1.165, 1.54) is 0 Å². The van der Waals surface area contributed by atoms with Gasteiger partial charge in [0.25, 0.3) is 0 Å². The molecule has 2 N–H and O–H groups in total. The summed E-state index contributed by atoms with van der Waals surface area (Å²) in [5, 5.41) is 9.54. The lowest BCUT2D eigenvalue weighted by Gasteiger charge is -2.27. The Morgan fingerprint density at radius 3 is 3.05 bits per heavy atom. The van der Waals surface area contributed by atoms with Gasteiger partial charge >= 0.3 is 12.0 Å². The number of carbonyl (C=O) groups excluding carboxylic acids is 2. The largest absolute Gasteiger partial charge is 0.461 e. The van der Waals surface area contributed by atoms with Crippen LogP contribution in [0, 0.1) is 0 Å². The molecule has 0 unspecified atom stereocenters. The summed E-state index contributed by atoms with van der Waals surface area (Å²) < 4.78 is 4.96. The van der Waals surface area contributed by atoms with Crippen LogP contribution in [0.2, 0.25) is 0 Å². The van der Waals surface area contributed by atoms with Gasteiger partial charge in [0, 0.05) is 36.6 Å². The van der Waals surface area contributed by atoms with Gasteiger partial charge in [0.1, 0.15) is 0 Å². The van der Waals surface area contributed by atoms with Crippen LogP contribution in [-0.4, -0.2) is 52.7 Å². The summed E-state index contributed by atoms with van der Waals surface area (Å²) in [6.07, 6.45) is 0.635. The zero-order valence-corrected chi connectivity index (χ0v) is 12.0. The zero-order valence-electron chi connectivity index (χ0n) is 11.2. The lowest BCUT2D eigenvalue weighted by Crippen LogP contribution is -2.43. The maximum Gasteiger partial charge on any atom is 0.359 e. The number of alkyl halides is 1. The standard InChI is InChI=1S/C12H17ClN4O3/c1-2-20-11(18)10-8-7-17(12(19)14-5-4-13)6-3-9(8)15-16-10/h2-7H2,1H3,(H,14,19)(H,15,16). The van der Waals surface area contributed by atoms with Crippen LogP contribution in [0.1, 0.15) is 28.7 Å². The fraction of sp³-hybridized carbons (Fsp3) is 0.583. The van der Waals surface area contributed by atoms with E-state index in [4.69, 9.17) is 16.3 Å². The van der Waals surface area contributed by atoms with Gasteiger partial charge in [0.15, 0.2) is 5.69 Å². The van der Waals surface area contributed by atoms with Crippen molar-refractivity contribution in [1.29, 1.82) is 0 Å². The van der Waals surface area contributed by atoms with Crippen LogP contribution in [0.4, 0.5) is 4.79 Å². The van der Waals surface area contributed by atoms with Crippen molar-refractivity contribution < 1.29 is 14.3 Å². The number of ether oxygens (including phenoxy) is 1. The molecule has 2 rings (SSSR count). The zero-order chi connectivity index (χ0) is 14.5. The number of halogens is 1. The number of nitrogens with one attached hydrogen (secondary N) is 2. The minimum absolute atomic E-state index is 0.188. The topological polar surface area (TPSA) is 87.3 Å². The van der Waals surface area contributed by atoms with E-state index >= 15 is 0 Å². The molecule has 8 heteroatoms. The van der Waals surface area contributed by atoms with Crippen LogP contribution in [0.3, 0.4) is 0 Å². The van der Waals surface area contributed by atoms with Crippen molar-refractivity contribution in [1.82, 2.24) is 20.4 Å². The Labute approximate surface area is 121 Å². The highest BCUT2D eigenvalue weighted by Gasteiger charge is 2.28. The summed E-state index contributed by atoms with van der Waals surface area (Å²) in [6, 6.07) is -0.188.